The highest BCUT2D eigenvalue weighted by molar-refractivity contribution is 9.10. The summed E-state index contributed by atoms with van der Waals surface area (Å²) in [6, 6.07) is 4.34. The summed E-state index contributed by atoms with van der Waals surface area (Å²) in [5.74, 6) is -0.360. The molecule has 0 saturated heterocycles. The number of amides is 1. The third-order valence-electron chi connectivity index (χ3n) is 2.43. The number of benzene rings is 1. The molecule has 0 radical (unpaired) electrons. The zero-order valence-corrected chi connectivity index (χ0v) is 13.3. The van der Waals surface area contributed by atoms with E-state index in [1.165, 1.54) is 12.1 Å². The zero-order chi connectivity index (χ0) is 14.6. The molecule has 1 amide bonds. The Kier molecular flexibility index (Phi) is 5.50. The van der Waals surface area contributed by atoms with Gasteiger partial charge in [-0.15, -0.1) is 0 Å². The van der Waals surface area contributed by atoms with Gasteiger partial charge >= 0.3 is 0 Å². The Morgan fingerprint density at radius 3 is 2.53 bits per heavy atom. The molecule has 1 atom stereocenters. The minimum Gasteiger partial charge on any atom is -0.350 e. The van der Waals surface area contributed by atoms with Crippen LogP contribution in [0.4, 0.5) is 4.39 Å². The van der Waals surface area contributed by atoms with E-state index in [2.05, 4.69) is 26.6 Å². The van der Waals surface area contributed by atoms with Crippen LogP contribution < -0.4 is 10.6 Å². The van der Waals surface area contributed by atoms with Crippen LogP contribution in [0.15, 0.2) is 22.7 Å². The lowest BCUT2D eigenvalue weighted by Gasteiger charge is -2.23. The van der Waals surface area contributed by atoms with Gasteiger partial charge in [-0.3, -0.25) is 4.79 Å². The van der Waals surface area contributed by atoms with Gasteiger partial charge in [-0.1, -0.05) is 15.9 Å². The van der Waals surface area contributed by atoms with Gasteiger partial charge in [0.05, 0.1) is 6.04 Å². The lowest BCUT2D eigenvalue weighted by molar-refractivity contribution is -0.124. The van der Waals surface area contributed by atoms with E-state index < -0.39 is 0 Å². The molecule has 0 heterocycles. The Morgan fingerprint density at radius 1 is 1.37 bits per heavy atom. The monoisotopic (exact) mass is 330 g/mol. The van der Waals surface area contributed by atoms with Gasteiger partial charge in [0.1, 0.15) is 5.82 Å². The average molecular weight is 331 g/mol. The SMILES string of the molecule is CC(NCc1cc(F)cc(Br)c1)C(=O)NC(C)(C)C. The molecule has 0 aromatic heterocycles. The quantitative estimate of drug-likeness (QED) is 0.891. The van der Waals surface area contributed by atoms with Gasteiger partial charge in [-0.05, 0) is 51.5 Å². The largest absolute Gasteiger partial charge is 0.350 e. The maximum atomic E-state index is 13.2. The molecule has 1 aromatic carbocycles. The summed E-state index contributed by atoms with van der Waals surface area (Å²) in [5, 5.41) is 5.97. The first kappa shape index (κ1) is 16.1. The van der Waals surface area contributed by atoms with E-state index in [4.69, 9.17) is 0 Å². The molecule has 1 unspecified atom stereocenters. The normalized spacial score (nSPS) is 13.2. The first-order valence-electron chi connectivity index (χ1n) is 6.18. The van der Waals surface area contributed by atoms with Gasteiger partial charge in [-0.2, -0.15) is 0 Å². The molecule has 2 N–H and O–H groups in total. The van der Waals surface area contributed by atoms with E-state index >= 15 is 0 Å². The number of nitrogens with one attached hydrogen (secondary N) is 2. The molecular formula is C14H20BrFN2O. The Balaban J connectivity index is 2.54. The molecule has 0 bridgehead atoms. The Bertz CT molecular complexity index is 437. The van der Waals surface area contributed by atoms with Crippen molar-refractivity contribution in [2.75, 3.05) is 0 Å². The molecule has 0 spiro atoms. The van der Waals surface area contributed by atoms with Gasteiger partial charge in [0.15, 0.2) is 0 Å². The van der Waals surface area contributed by atoms with E-state index in [-0.39, 0.29) is 23.3 Å². The lowest BCUT2D eigenvalue weighted by Crippen LogP contribution is -2.49. The van der Waals surface area contributed by atoms with E-state index in [0.29, 0.717) is 11.0 Å². The molecular weight excluding hydrogens is 311 g/mol. The van der Waals surface area contributed by atoms with Crippen molar-refractivity contribution in [1.82, 2.24) is 10.6 Å². The Morgan fingerprint density at radius 2 is 2.00 bits per heavy atom. The van der Waals surface area contributed by atoms with E-state index in [1.807, 2.05) is 26.8 Å². The highest BCUT2D eigenvalue weighted by atomic mass is 79.9. The molecule has 1 aromatic rings. The highest BCUT2D eigenvalue weighted by Gasteiger charge is 2.18. The van der Waals surface area contributed by atoms with E-state index in [9.17, 15) is 9.18 Å². The number of carbonyl (C=O) groups excluding carboxylic acids is 1. The summed E-state index contributed by atoms with van der Waals surface area (Å²) < 4.78 is 13.9. The van der Waals surface area contributed by atoms with Crippen LogP contribution in [0.1, 0.15) is 33.3 Å². The Labute approximate surface area is 122 Å². The summed E-state index contributed by atoms with van der Waals surface area (Å²) in [4.78, 5) is 11.9. The van der Waals surface area contributed by atoms with Crippen molar-refractivity contribution in [2.45, 2.75) is 45.8 Å². The molecule has 0 saturated carbocycles. The molecule has 1 rings (SSSR count). The molecule has 106 valence electrons. The highest BCUT2D eigenvalue weighted by Crippen LogP contribution is 2.14. The average Bonchev–Trinajstić information content (AvgIpc) is 2.22. The van der Waals surface area contributed by atoms with Crippen molar-refractivity contribution in [3.05, 3.63) is 34.1 Å². The van der Waals surface area contributed by atoms with Crippen molar-refractivity contribution in [2.24, 2.45) is 0 Å². The zero-order valence-electron chi connectivity index (χ0n) is 11.7. The summed E-state index contributed by atoms with van der Waals surface area (Å²) >= 11 is 3.24. The summed E-state index contributed by atoms with van der Waals surface area (Å²) in [6.07, 6.45) is 0. The standard InChI is InChI=1S/C14H20BrFN2O/c1-9(13(19)18-14(2,3)4)17-8-10-5-11(15)7-12(16)6-10/h5-7,9,17H,8H2,1-4H3,(H,18,19). The van der Waals surface area contributed by atoms with Crippen LogP contribution in [-0.4, -0.2) is 17.5 Å². The van der Waals surface area contributed by atoms with Crippen LogP contribution in [0.25, 0.3) is 0 Å². The second kappa shape index (κ2) is 6.48. The molecule has 0 aliphatic carbocycles. The van der Waals surface area contributed by atoms with Crippen molar-refractivity contribution >= 4 is 21.8 Å². The molecule has 19 heavy (non-hydrogen) atoms. The first-order chi connectivity index (χ1) is 8.67. The summed E-state index contributed by atoms with van der Waals surface area (Å²) in [5.41, 5.74) is 0.539. The van der Waals surface area contributed by atoms with E-state index in [0.717, 1.165) is 5.56 Å². The number of hydrogen-bond donors (Lipinski definition) is 2. The number of rotatable bonds is 4. The third-order valence-corrected chi connectivity index (χ3v) is 2.88. The second-order valence-corrected chi connectivity index (χ2v) is 6.54. The van der Waals surface area contributed by atoms with Crippen LogP contribution in [0.2, 0.25) is 0 Å². The molecule has 0 fully saturated rings. The minimum absolute atomic E-state index is 0.0667. The van der Waals surface area contributed by atoms with Crippen LogP contribution in [0.5, 0.6) is 0 Å². The molecule has 3 nitrogen and oxygen atoms in total. The molecule has 0 aliphatic rings. The van der Waals surface area contributed by atoms with Crippen LogP contribution >= 0.6 is 15.9 Å². The Hall–Kier alpha value is -0.940. The first-order valence-corrected chi connectivity index (χ1v) is 6.97. The predicted octanol–water partition coefficient (Wildman–Crippen LogP) is 2.98. The molecule has 0 aliphatic heterocycles. The smallest absolute Gasteiger partial charge is 0.237 e. The third kappa shape index (κ3) is 6.16. The van der Waals surface area contributed by atoms with Crippen LogP contribution in [0, 0.1) is 5.82 Å². The van der Waals surface area contributed by atoms with Crippen LogP contribution in [-0.2, 0) is 11.3 Å². The second-order valence-electron chi connectivity index (χ2n) is 5.62. The maximum absolute atomic E-state index is 13.2. The number of carbonyl (C=O) groups is 1. The van der Waals surface area contributed by atoms with Crippen molar-refractivity contribution < 1.29 is 9.18 Å². The number of halogens is 2. The van der Waals surface area contributed by atoms with Gasteiger partial charge < -0.3 is 10.6 Å². The fourth-order valence-corrected chi connectivity index (χ4v) is 2.07. The van der Waals surface area contributed by atoms with Gasteiger partial charge in [0.25, 0.3) is 0 Å². The van der Waals surface area contributed by atoms with Crippen LogP contribution in [0.3, 0.4) is 0 Å². The van der Waals surface area contributed by atoms with Gasteiger partial charge in [-0.25, -0.2) is 4.39 Å². The van der Waals surface area contributed by atoms with Crippen molar-refractivity contribution in [1.29, 1.82) is 0 Å². The minimum atomic E-state index is -0.332. The van der Waals surface area contributed by atoms with Crippen molar-refractivity contribution in [3.8, 4) is 0 Å². The maximum Gasteiger partial charge on any atom is 0.237 e. The number of hydrogen-bond acceptors (Lipinski definition) is 2. The van der Waals surface area contributed by atoms with Crippen molar-refractivity contribution in [3.63, 3.8) is 0 Å². The fourth-order valence-electron chi connectivity index (χ4n) is 1.55. The fraction of sp³-hybridized carbons (Fsp3) is 0.500. The lowest BCUT2D eigenvalue weighted by atomic mass is 10.1. The van der Waals surface area contributed by atoms with Gasteiger partial charge in [0, 0.05) is 16.6 Å². The van der Waals surface area contributed by atoms with E-state index in [1.54, 1.807) is 6.92 Å². The predicted molar refractivity (Wildman–Crippen MR) is 78.3 cm³/mol. The topological polar surface area (TPSA) is 41.1 Å². The summed E-state index contributed by atoms with van der Waals surface area (Å²) in [7, 11) is 0. The van der Waals surface area contributed by atoms with Gasteiger partial charge in [0.2, 0.25) is 5.91 Å². The summed E-state index contributed by atoms with van der Waals surface area (Å²) in [6.45, 7) is 8.02. The molecule has 5 heteroatoms.